The molecule has 0 atom stereocenters. The summed E-state index contributed by atoms with van der Waals surface area (Å²) in [5, 5.41) is 0. The molecule has 1 heterocycles. The third kappa shape index (κ3) is 5.15. The lowest BCUT2D eigenvalue weighted by atomic mass is 9.90. The average molecular weight is 380 g/mol. The molecular formula is C25H33NO2. The van der Waals surface area contributed by atoms with Crippen LogP contribution in [-0.4, -0.2) is 25.7 Å². The first-order valence-corrected chi connectivity index (χ1v) is 10.6. The maximum Gasteiger partial charge on any atom is 0.330 e. The molecule has 0 unspecified atom stereocenters. The van der Waals surface area contributed by atoms with Crippen molar-refractivity contribution in [2.75, 3.05) is 18.6 Å². The topological polar surface area (TPSA) is 29.5 Å². The number of anilines is 1. The summed E-state index contributed by atoms with van der Waals surface area (Å²) in [6, 6.07) is 7.71. The summed E-state index contributed by atoms with van der Waals surface area (Å²) >= 11 is 0. The molecule has 1 aliphatic carbocycles. The number of carbonyl (C=O) groups excluding carboxylic acids is 1. The van der Waals surface area contributed by atoms with Gasteiger partial charge in [0, 0.05) is 24.4 Å². The quantitative estimate of drug-likeness (QED) is 0.365. The van der Waals surface area contributed by atoms with E-state index in [0.717, 1.165) is 11.6 Å². The monoisotopic (exact) mass is 379 g/mol. The second-order valence-corrected chi connectivity index (χ2v) is 8.05. The zero-order chi connectivity index (χ0) is 19.9. The molecule has 150 valence electrons. The van der Waals surface area contributed by atoms with Crippen LogP contribution in [0.4, 0.5) is 5.69 Å². The maximum atomic E-state index is 11.3. The standard InChI is InChI=1S/C25H33NO2/c1-19(17-25(27)28-3)9-7-10-20(2)21-14-15-24-22(18-21)11-8-16-26(24)23-12-5-4-6-13-23/h7,9-10,14-15,17-18,23H,4-6,8,11-13,16H2,1-3H3. The van der Waals surface area contributed by atoms with E-state index in [-0.39, 0.29) is 5.97 Å². The van der Waals surface area contributed by atoms with E-state index >= 15 is 0 Å². The Morgan fingerprint density at radius 2 is 1.93 bits per heavy atom. The predicted octanol–water partition coefficient (Wildman–Crippen LogP) is 5.85. The summed E-state index contributed by atoms with van der Waals surface area (Å²) in [6.45, 7) is 5.25. The molecule has 0 radical (unpaired) electrons. The highest BCUT2D eigenvalue weighted by atomic mass is 16.5. The van der Waals surface area contributed by atoms with E-state index in [4.69, 9.17) is 0 Å². The number of carbonyl (C=O) groups is 1. The number of nitrogens with zero attached hydrogens (tertiary/aromatic N) is 1. The number of aryl methyl sites for hydroxylation is 1. The molecule has 2 aliphatic rings. The van der Waals surface area contributed by atoms with E-state index in [0.29, 0.717) is 0 Å². The Balaban J connectivity index is 1.73. The van der Waals surface area contributed by atoms with E-state index in [9.17, 15) is 4.79 Å². The van der Waals surface area contributed by atoms with E-state index in [1.807, 2.05) is 19.1 Å². The van der Waals surface area contributed by atoms with Gasteiger partial charge in [0.05, 0.1) is 7.11 Å². The summed E-state index contributed by atoms with van der Waals surface area (Å²) in [4.78, 5) is 13.9. The third-order valence-electron chi connectivity index (χ3n) is 5.96. The zero-order valence-corrected chi connectivity index (χ0v) is 17.5. The zero-order valence-electron chi connectivity index (χ0n) is 17.5. The van der Waals surface area contributed by atoms with Crippen molar-refractivity contribution in [1.82, 2.24) is 0 Å². The highest BCUT2D eigenvalue weighted by Gasteiger charge is 2.25. The van der Waals surface area contributed by atoms with Crippen molar-refractivity contribution in [3.8, 4) is 0 Å². The molecule has 3 rings (SSSR count). The Morgan fingerprint density at radius 3 is 2.68 bits per heavy atom. The van der Waals surface area contributed by atoms with Crippen molar-refractivity contribution < 1.29 is 9.53 Å². The fraction of sp³-hybridized carbons (Fsp3) is 0.480. The Kier molecular flexibility index (Phi) is 7.13. The van der Waals surface area contributed by atoms with Gasteiger partial charge in [-0.2, -0.15) is 0 Å². The number of ether oxygens (including phenoxy) is 1. The van der Waals surface area contributed by atoms with Gasteiger partial charge >= 0.3 is 5.97 Å². The lowest BCUT2D eigenvalue weighted by Gasteiger charge is -2.40. The van der Waals surface area contributed by atoms with Gasteiger partial charge in [0.1, 0.15) is 0 Å². The third-order valence-corrected chi connectivity index (χ3v) is 5.96. The molecular weight excluding hydrogens is 346 g/mol. The van der Waals surface area contributed by atoms with Gasteiger partial charge in [-0.1, -0.05) is 43.6 Å². The van der Waals surface area contributed by atoms with Crippen LogP contribution in [0, 0.1) is 0 Å². The van der Waals surface area contributed by atoms with Crippen molar-refractivity contribution in [2.45, 2.75) is 64.8 Å². The van der Waals surface area contributed by atoms with Crippen molar-refractivity contribution in [3.05, 3.63) is 59.2 Å². The Bertz CT molecular complexity index is 782. The van der Waals surface area contributed by atoms with Crippen LogP contribution in [0.1, 0.15) is 63.5 Å². The van der Waals surface area contributed by atoms with Crippen LogP contribution in [0.15, 0.2) is 48.1 Å². The Labute approximate surface area is 169 Å². The van der Waals surface area contributed by atoms with Crippen molar-refractivity contribution in [1.29, 1.82) is 0 Å². The molecule has 1 fully saturated rings. The number of allylic oxidation sites excluding steroid dienone is 5. The van der Waals surface area contributed by atoms with Crippen molar-refractivity contribution in [3.63, 3.8) is 0 Å². The van der Waals surface area contributed by atoms with Crippen LogP contribution in [-0.2, 0) is 16.0 Å². The van der Waals surface area contributed by atoms with Gasteiger partial charge in [-0.3, -0.25) is 0 Å². The number of hydrogen-bond acceptors (Lipinski definition) is 3. The van der Waals surface area contributed by atoms with Gasteiger partial charge in [0.25, 0.3) is 0 Å². The van der Waals surface area contributed by atoms with Crippen LogP contribution >= 0.6 is 0 Å². The number of benzene rings is 1. The SMILES string of the molecule is COC(=O)C=C(C)C=CC=C(C)c1ccc2c(c1)CCCN2C1CCCCC1. The van der Waals surface area contributed by atoms with Crippen LogP contribution in [0.25, 0.3) is 5.57 Å². The number of fused-ring (bicyclic) bond motifs is 1. The molecule has 0 aromatic heterocycles. The average Bonchev–Trinajstić information content (AvgIpc) is 2.73. The first-order chi connectivity index (χ1) is 13.6. The first kappa shape index (κ1) is 20.4. The Morgan fingerprint density at radius 1 is 1.14 bits per heavy atom. The lowest BCUT2D eigenvalue weighted by molar-refractivity contribution is -0.134. The molecule has 3 heteroatoms. The molecule has 28 heavy (non-hydrogen) atoms. The molecule has 0 spiro atoms. The molecule has 3 nitrogen and oxygen atoms in total. The normalized spacial score (nSPS) is 19.0. The van der Waals surface area contributed by atoms with Gasteiger partial charge in [-0.25, -0.2) is 4.79 Å². The minimum absolute atomic E-state index is 0.319. The number of methoxy groups -OCH3 is 1. The van der Waals surface area contributed by atoms with E-state index in [1.54, 1.807) is 0 Å². The van der Waals surface area contributed by atoms with E-state index in [2.05, 4.69) is 40.8 Å². The number of rotatable bonds is 5. The van der Waals surface area contributed by atoms with Crippen molar-refractivity contribution in [2.24, 2.45) is 0 Å². The van der Waals surface area contributed by atoms with Gasteiger partial charge in [-0.05, 0) is 73.9 Å². The molecule has 1 saturated carbocycles. The fourth-order valence-corrected chi connectivity index (χ4v) is 4.38. The molecule has 0 saturated heterocycles. The van der Waals surface area contributed by atoms with Crippen molar-refractivity contribution >= 4 is 17.2 Å². The van der Waals surface area contributed by atoms with Gasteiger partial charge in [0.2, 0.25) is 0 Å². The molecule has 0 bridgehead atoms. The molecule has 0 N–H and O–H groups in total. The van der Waals surface area contributed by atoms with Gasteiger partial charge in [-0.15, -0.1) is 0 Å². The number of hydrogen-bond donors (Lipinski definition) is 0. The lowest BCUT2D eigenvalue weighted by Crippen LogP contribution is -2.40. The second-order valence-electron chi connectivity index (χ2n) is 8.05. The summed E-state index contributed by atoms with van der Waals surface area (Å²) in [7, 11) is 1.39. The minimum Gasteiger partial charge on any atom is -0.466 e. The largest absolute Gasteiger partial charge is 0.466 e. The molecule has 0 amide bonds. The van der Waals surface area contributed by atoms with Crippen LogP contribution in [0.2, 0.25) is 0 Å². The highest BCUT2D eigenvalue weighted by Crippen LogP contribution is 2.35. The van der Waals surface area contributed by atoms with E-state index < -0.39 is 0 Å². The second kappa shape index (κ2) is 9.77. The minimum atomic E-state index is -0.319. The predicted molar refractivity (Wildman–Crippen MR) is 118 cm³/mol. The maximum absolute atomic E-state index is 11.3. The summed E-state index contributed by atoms with van der Waals surface area (Å²) in [6.07, 6.45) is 16.8. The van der Waals surface area contributed by atoms with E-state index in [1.165, 1.54) is 87.1 Å². The summed E-state index contributed by atoms with van der Waals surface area (Å²) in [5.41, 5.74) is 6.35. The molecule has 1 aromatic rings. The summed E-state index contributed by atoms with van der Waals surface area (Å²) in [5.74, 6) is -0.319. The molecule has 1 aliphatic heterocycles. The smallest absolute Gasteiger partial charge is 0.330 e. The fourth-order valence-electron chi connectivity index (χ4n) is 4.38. The van der Waals surface area contributed by atoms with Gasteiger partial charge < -0.3 is 9.64 Å². The first-order valence-electron chi connectivity index (χ1n) is 10.6. The summed E-state index contributed by atoms with van der Waals surface area (Å²) < 4.78 is 4.65. The number of esters is 1. The van der Waals surface area contributed by atoms with Crippen LogP contribution in [0.3, 0.4) is 0 Å². The van der Waals surface area contributed by atoms with Crippen LogP contribution < -0.4 is 4.90 Å². The van der Waals surface area contributed by atoms with Gasteiger partial charge in [0.15, 0.2) is 0 Å². The molecule has 1 aromatic carbocycles. The van der Waals surface area contributed by atoms with Crippen LogP contribution in [0.5, 0.6) is 0 Å². The Hall–Kier alpha value is -2.29. The highest BCUT2D eigenvalue weighted by molar-refractivity contribution is 5.83.